The quantitative estimate of drug-likeness (QED) is 0.730. The molecule has 0 aromatic heterocycles. The van der Waals surface area contributed by atoms with Crippen LogP contribution in [0.5, 0.6) is 5.75 Å². The zero-order valence-corrected chi connectivity index (χ0v) is 8.35. The molecule has 0 unspecified atom stereocenters. The molecule has 2 aromatic carbocycles. The van der Waals surface area contributed by atoms with E-state index >= 15 is 0 Å². The van der Waals surface area contributed by atoms with Crippen molar-refractivity contribution in [3.63, 3.8) is 0 Å². The van der Waals surface area contributed by atoms with Gasteiger partial charge in [0.15, 0.2) is 0 Å². The minimum absolute atomic E-state index is 0.212. The Morgan fingerprint density at radius 2 is 1.73 bits per heavy atom. The van der Waals surface area contributed by atoms with Gasteiger partial charge in [0, 0.05) is 11.8 Å². The van der Waals surface area contributed by atoms with E-state index in [-0.39, 0.29) is 5.75 Å². The van der Waals surface area contributed by atoms with Gasteiger partial charge < -0.3 is 10.8 Å². The Bertz CT molecular complexity index is 451. The summed E-state index contributed by atoms with van der Waals surface area (Å²) in [6.45, 7) is 0. The summed E-state index contributed by atoms with van der Waals surface area (Å²) in [7, 11) is 0. The molecule has 2 aromatic rings. The number of hydrogen-bond acceptors (Lipinski definition) is 2. The highest BCUT2D eigenvalue weighted by Gasteiger charge is 2.01. The fourth-order valence-corrected chi connectivity index (χ4v) is 1.56. The van der Waals surface area contributed by atoms with Gasteiger partial charge in [0.1, 0.15) is 5.75 Å². The van der Waals surface area contributed by atoms with Gasteiger partial charge in [-0.1, -0.05) is 36.4 Å². The molecule has 76 valence electrons. The SMILES string of the molecule is Nc1cc(O)ccc1Cc1ccccc1. The van der Waals surface area contributed by atoms with Crippen molar-refractivity contribution in [1.29, 1.82) is 0 Å². The number of hydrogen-bond donors (Lipinski definition) is 2. The van der Waals surface area contributed by atoms with Crippen molar-refractivity contribution in [1.82, 2.24) is 0 Å². The topological polar surface area (TPSA) is 46.2 Å². The molecule has 0 spiro atoms. The average molecular weight is 199 g/mol. The number of aromatic hydroxyl groups is 1. The Morgan fingerprint density at radius 1 is 1.00 bits per heavy atom. The van der Waals surface area contributed by atoms with Crippen molar-refractivity contribution >= 4 is 5.69 Å². The number of phenols is 1. The Hall–Kier alpha value is -1.96. The molecule has 0 aliphatic heterocycles. The standard InChI is InChI=1S/C13H13NO/c14-13-9-12(15)7-6-11(13)8-10-4-2-1-3-5-10/h1-7,9,15H,8,14H2. The Morgan fingerprint density at radius 3 is 2.40 bits per heavy atom. The van der Waals surface area contributed by atoms with Gasteiger partial charge >= 0.3 is 0 Å². The molecule has 0 amide bonds. The highest BCUT2D eigenvalue weighted by atomic mass is 16.3. The van der Waals surface area contributed by atoms with Crippen LogP contribution in [0.1, 0.15) is 11.1 Å². The molecule has 2 heteroatoms. The molecular formula is C13H13NO. The lowest BCUT2D eigenvalue weighted by molar-refractivity contribution is 0.475. The number of anilines is 1. The Labute approximate surface area is 89.0 Å². The molecule has 2 nitrogen and oxygen atoms in total. The molecule has 0 radical (unpaired) electrons. The Balaban J connectivity index is 2.25. The first kappa shape index (κ1) is 9.59. The molecule has 0 saturated heterocycles. The normalized spacial score (nSPS) is 10.1. The van der Waals surface area contributed by atoms with Crippen LogP contribution in [-0.2, 0) is 6.42 Å². The van der Waals surface area contributed by atoms with Gasteiger partial charge in [-0.05, 0) is 23.6 Å². The van der Waals surface area contributed by atoms with Crippen LogP contribution in [0.15, 0.2) is 48.5 Å². The maximum atomic E-state index is 9.22. The van der Waals surface area contributed by atoms with Crippen molar-refractivity contribution in [2.24, 2.45) is 0 Å². The monoisotopic (exact) mass is 199 g/mol. The summed E-state index contributed by atoms with van der Waals surface area (Å²) in [5, 5.41) is 9.22. The first-order chi connectivity index (χ1) is 7.25. The zero-order valence-electron chi connectivity index (χ0n) is 8.35. The molecule has 15 heavy (non-hydrogen) atoms. The molecule has 0 fully saturated rings. The molecule has 0 aliphatic rings. The van der Waals surface area contributed by atoms with Crippen molar-refractivity contribution in [3.8, 4) is 5.75 Å². The van der Waals surface area contributed by atoms with Crippen LogP contribution in [-0.4, -0.2) is 5.11 Å². The second-order valence-corrected chi connectivity index (χ2v) is 3.55. The van der Waals surface area contributed by atoms with E-state index in [0.717, 1.165) is 12.0 Å². The van der Waals surface area contributed by atoms with Crippen LogP contribution >= 0.6 is 0 Å². The van der Waals surface area contributed by atoms with Crippen molar-refractivity contribution in [2.75, 3.05) is 5.73 Å². The van der Waals surface area contributed by atoms with Gasteiger partial charge in [0.05, 0.1) is 0 Å². The van der Waals surface area contributed by atoms with E-state index in [1.807, 2.05) is 24.3 Å². The van der Waals surface area contributed by atoms with Gasteiger partial charge in [-0.3, -0.25) is 0 Å². The van der Waals surface area contributed by atoms with Gasteiger partial charge in [-0.2, -0.15) is 0 Å². The summed E-state index contributed by atoms with van der Waals surface area (Å²) in [5.41, 5.74) is 8.71. The number of rotatable bonds is 2. The molecule has 2 rings (SSSR count). The van der Waals surface area contributed by atoms with Gasteiger partial charge in [-0.15, -0.1) is 0 Å². The van der Waals surface area contributed by atoms with Gasteiger partial charge in [0.2, 0.25) is 0 Å². The third-order valence-corrected chi connectivity index (χ3v) is 2.37. The van der Waals surface area contributed by atoms with Gasteiger partial charge in [-0.25, -0.2) is 0 Å². The van der Waals surface area contributed by atoms with E-state index in [1.165, 1.54) is 5.56 Å². The van der Waals surface area contributed by atoms with E-state index in [4.69, 9.17) is 5.73 Å². The molecule has 0 heterocycles. The number of benzene rings is 2. The predicted octanol–water partition coefficient (Wildman–Crippen LogP) is 2.57. The number of nitrogen functional groups attached to an aromatic ring is 1. The van der Waals surface area contributed by atoms with E-state index in [2.05, 4.69) is 12.1 Å². The maximum Gasteiger partial charge on any atom is 0.117 e. The zero-order chi connectivity index (χ0) is 10.7. The minimum Gasteiger partial charge on any atom is -0.508 e. The first-order valence-electron chi connectivity index (χ1n) is 4.87. The smallest absolute Gasteiger partial charge is 0.117 e. The van der Waals surface area contributed by atoms with E-state index in [1.54, 1.807) is 12.1 Å². The molecule has 0 atom stereocenters. The lowest BCUT2D eigenvalue weighted by Crippen LogP contribution is -1.95. The number of nitrogens with two attached hydrogens (primary N) is 1. The summed E-state index contributed by atoms with van der Waals surface area (Å²) in [5.74, 6) is 0.212. The summed E-state index contributed by atoms with van der Waals surface area (Å²) in [6.07, 6.45) is 0.799. The van der Waals surface area contributed by atoms with Crippen molar-refractivity contribution in [3.05, 3.63) is 59.7 Å². The lowest BCUT2D eigenvalue weighted by Gasteiger charge is -2.05. The summed E-state index contributed by atoms with van der Waals surface area (Å²) in [4.78, 5) is 0. The molecule has 3 N–H and O–H groups in total. The maximum absolute atomic E-state index is 9.22. The third-order valence-electron chi connectivity index (χ3n) is 2.37. The Kier molecular flexibility index (Phi) is 2.59. The van der Waals surface area contributed by atoms with E-state index in [0.29, 0.717) is 5.69 Å². The fourth-order valence-electron chi connectivity index (χ4n) is 1.56. The second-order valence-electron chi connectivity index (χ2n) is 3.55. The van der Waals surface area contributed by atoms with Crippen LogP contribution in [0.3, 0.4) is 0 Å². The van der Waals surface area contributed by atoms with Crippen molar-refractivity contribution < 1.29 is 5.11 Å². The summed E-state index contributed by atoms with van der Waals surface area (Å²) >= 11 is 0. The summed E-state index contributed by atoms with van der Waals surface area (Å²) in [6, 6.07) is 15.2. The fraction of sp³-hybridized carbons (Fsp3) is 0.0769. The second kappa shape index (κ2) is 4.05. The van der Waals surface area contributed by atoms with Crippen LogP contribution in [0.4, 0.5) is 5.69 Å². The first-order valence-corrected chi connectivity index (χ1v) is 4.87. The average Bonchev–Trinajstić information content (AvgIpc) is 2.24. The highest BCUT2D eigenvalue weighted by Crippen LogP contribution is 2.21. The highest BCUT2D eigenvalue weighted by molar-refractivity contribution is 5.52. The van der Waals surface area contributed by atoms with E-state index in [9.17, 15) is 5.11 Å². The summed E-state index contributed by atoms with van der Waals surface area (Å²) < 4.78 is 0. The third kappa shape index (κ3) is 2.29. The molecule has 0 aliphatic carbocycles. The minimum atomic E-state index is 0.212. The molecular weight excluding hydrogens is 186 g/mol. The number of phenolic OH excluding ortho intramolecular Hbond substituents is 1. The van der Waals surface area contributed by atoms with Crippen LogP contribution in [0.2, 0.25) is 0 Å². The van der Waals surface area contributed by atoms with Gasteiger partial charge in [0.25, 0.3) is 0 Å². The molecule has 0 bridgehead atoms. The van der Waals surface area contributed by atoms with Crippen LogP contribution < -0.4 is 5.73 Å². The van der Waals surface area contributed by atoms with E-state index < -0.39 is 0 Å². The van der Waals surface area contributed by atoms with Crippen molar-refractivity contribution in [2.45, 2.75) is 6.42 Å². The largest absolute Gasteiger partial charge is 0.508 e. The lowest BCUT2D eigenvalue weighted by atomic mass is 10.0. The molecule has 0 saturated carbocycles. The van der Waals surface area contributed by atoms with Crippen LogP contribution in [0, 0.1) is 0 Å². The predicted molar refractivity (Wildman–Crippen MR) is 61.8 cm³/mol. The van der Waals surface area contributed by atoms with Crippen LogP contribution in [0.25, 0.3) is 0 Å².